The van der Waals surface area contributed by atoms with Crippen molar-refractivity contribution < 1.29 is 27.5 Å². The number of ether oxygens (including phenoxy) is 2. The maximum absolute atomic E-state index is 13.3. The Balaban J connectivity index is 2.34. The van der Waals surface area contributed by atoms with Gasteiger partial charge in [-0.3, -0.25) is 4.79 Å². The fourth-order valence-corrected chi connectivity index (χ4v) is 5.86. The highest BCUT2D eigenvalue weighted by atomic mass is 35.5. The van der Waals surface area contributed by atoms with Gasteiger partial charge in [0.1, 0.15) is 10.5 Å². The van der Waals surface area contributed by atoms with Crippen LogP contribution in [0, 0.1) is 0 Å². The van der Waals surface area contributed by atoms with Crippen LogP contribution >= 0.6 is 11.6 Å². The maximum atomic E-state index is 13.3. The van der Waals surface area contributed by atoms with Crippen LogP contribution in [0.5, 0.6) is 0 Å². The fourth-order valence-electron chi connectivity index (χ4n) is 3.85. The third kappa shape index (κ3) is 8.74. The highest BCUT2D eigenvalue weighted by Crippen LogP contribution is 2.28. The first-order chi connectivity index (χ1) is 16.0. The van der Waals surface area contributed by atoms with Gasteiger partial charge in [0.05, 0.1) is 16.7 Å². The lowest BCUT2D eigenvalue weighted by Gasteiger charge is -2.32. The molecule has 1 aliphatic rings. The van der Waals surface area contributed by atoms with E-state index in [0.29, 0.717) is 13.1 Å². The van der Waals surface area contributed by atoms with Gasteiger partial charge in [0.2, 0.25) is 10.0 Å². The number of carbonyl (C=O) groups is 2. The van der Waals surface area contributed by atoms with E-state index >= 15 is 0 Å². The minimum absolute atomic E-state index is 0.0407. The Hall–Kier alpha value is -1.68. The maximum Gasteiger partial charge on any atom is 0.331 e. The highest BCUT2D eigenvalue weighted by Gasteiger charge is 2.35. The molecule has 0 saturated carbocycles. The van der Waals surface area contributed by atoms with Crippen LogP contribution < -0.4 is 5.32 Å². The molecule has 1 amide bonds. The van der Waals surface area contributed by atoms with E-state index in [9.17, 15) is 18.0 Å². The lowest BCUT2D eigenvalue weighted by Crippen LogP contribution is -2.52. The minimum atomic E-state index is -3.88. The topological polar surface area (TPSA) is 102 Å². The molecule has 1 aliphatic heterocycles. The average molecular weight is 531 g/mol. The summed E-state index contributed by atoms with van der Waals surface area (Å²) < 4.78 is 39.5. The number of nitrogens with one attached hydrogen (secondary N) is 1. The zero-order chi connectivity index (χ0) is 26.6. The van der Waals surface area contributed by atoms with Crippen molar-refractivity contribution in [2.45, 2.75) is 102 Å². The normalized spacial score (nSPS) is 17.8. The predicted molar refractivity (Wildman–Crippen MR) is 136 cm³/mol. The van der Waals surface area contributed by atoms with Gasteiger partial charge < -0.3 is 14.8 Å². The molecule has 1 saturated heterocycles. The number of carbonyl (C=O) groups excluding carboxylic acids is 2. The predicted octanol–water partition coefficient (Wildman–Crippen LogP) is 4.55. The SMILES string of the molecule is CC(OC(C)(C)C)C(NC(=O)c1ccc(Cl)c(S(=O)(=O)N2CCCCCC2)c1)C(=O)OC(C)(C)C. The molecular formula is C25H39ClN2O6S. The molecule has 10 heteroatoms. The van der Waals surface area contributed by atoms with E-state index < -0.39 is 45.2 Å². The van der Waals surface area contributed by atoms with Gasteiger partial charge in [-0.1, -0.05) is 24.4 Å². The van der Waals surface area contributed by atoms with E-state index in [0.717, 1.165) is 25.7 Å². The van der Waals surface area contributed by atoms with E-state index in [2.05, 4.69) is 5.32 Å². The molecule has 198 valence electrons. The molecule has 0 radical (unpaired) electrons. The van der Waals surface area contributed by atoms with Crippen LogP contribution in [0.25, 0.3) is 0 Å². The van der Waals surface area contributed by atoms with Crippen LogP contribution in [0.2, 0.25) is 5.02 Å². The van der Waals surface area contributed by atoms with Crippen molar-refractivity contribution in [3.05, 3.63) is 28.8 Å². The van der Waals surface area contributed by atoms with Crippen molar-refractivity contribution in [3.8, 4) is 0 Å². The van der Waals surface area contributed by atoms with E-state index in [1.54, 1.807) is 27.7 Å². The Labute approximate surface area is 214 Å². The highest BCUT2D eigenvalue weighted by molar-refractivity contribution is 7.89. The first-order valence-electron chi connectivity index (χ1n) is 12.0. The van der Waals surface area contributed by atoms with Gasteiger partial charge in [-0.2, -0.15) is 4.31 Å². The van der Waals surface area contributed by atoms with Gasteiger partial charge >= 0.3 is 5.97 Å². The van der Waals surface area contributed by atoms with Crippen LogP contribution in [0.4, 0.5) is 0 Å². The second-order valence-corrected chi connectivity index (χ2v) is 13.2. The summed E-state index contributed by atoms with van der Waals surface area (Å²) in [6, 6.07) is 2.97. The quantitative estimate of drug-likeness (QED) is 0.519. The Bertz CT molecular complexity index is 1010. The first kappa shape index (κ1) is 29.5. The minimum Gasteiger partial charge on any atom is -0.458 e. The van der Waals surface area contributed by atoms with Gasteiger partial charge in [-0.05, 0) is 79.5 Å². The zero-order valence-corrected chi connectivity index (χ0v) is 23.4. The van der Waals surface area contributed by atoms with Crippen molar-refractivity contribution in [2.75, 3.05) is 13.1 Å². The molecule has 2 atom stereocenters. The lowest BCUT2D eigenvalue weighted by molar-refractivity contribution is -0.164. The molecule has 1 heterocycles. The number of esters is 1. The third-order valence-electron chi connectivity index (χ3n) is 5.33. The zero-order valence-electron chi connectivity index (χ0n) is 21.8. The average Bonchev–Trinajstić information content (AvgIpc) is 2.99. The molecule has 0 aliphatic carbocycles. The third-order valence-corrected chi connectivity index (χ3v) is 7.71. The summed E-state index contributed by atoms with van der Waals surface area (Å²) in [4.78, 5) is 26.0. The Morgan fingerprint density at radius 1 is 1.00 bits per heavy atom. The second-order valence-electron chi connectivity index (χ2n) is 10.9. The Morgan fingerprint density at radius 2 is 1.57 bits per heavy atom. The molecule has 0 spiro atoms. The number of benzene rings is 1. The van der Waals surface area contributed by atoms with Crippen molar-refractivity contribution in [3.63, 3.8) is 0 Å². The van der Waals surface area contributed by atoms with E-state index in [1.165, 1.54) is 22.5 Å². The monoisotopic (exact) mass is 530 g/mol. The van der Waals surface area contributed by atoms with Crippen molar-refractivity contribution >= 4 is 33.5 Å². The van der Waals surface area contributed by atoms with Gasteiger partial charge in [0.15, 0.2) is 6.04 Å². The first-order valence-corrected chi connectivity index (χ1v) is 13.8. The molecule has 0 bridgehead atoms. The number of hydrogen-bond donors (Lipinski definition) is 1. The number of nitrogens with zero attached hydrogens (tertiary/aromatic N) is 1. The molecule has 0 aromatic heterocycles. The van der Waals surface area contributed by atoms with Crippen LogP contribution in [-0.4, -0.2) is 61.0 Å². The molecule has 35 heavy (non-hydrogen) atoms. The van der Waals surface area contributed by atoms with E-state index in [4.69, 9.17) is 21.1 Å². The molecule has 2 unspecified atom stereocenters. The van der Waals surface area contributed by atoms with Crippen LogP contribution in [-0.2, 0) is 24.3 Å². The van der Waals surface area contributed by atoms with Gasteiger partial charge in [0.25, 0.3) is 5.91 Å². The van der Waals surface area contributed by atoms with Gasteiger partial charge in [0, 0.05) is 18.7 Å². The van der Waals surface area contributed by atoms with Crippen LogP contribution in [0.15, 0.2) is 23.1 Å². The van der Waals surface area contributed by atoms with Crippen LogP contribution in [0.1, 0.15) is 84.5 Å². The number of amides is 1. The largest absolute Gasteiger partial charge is 0.458 e. The molecule has 1 fully saturated rings. The summed E-state index contributed by atoms with van der Waals surface area (Å²) >= 11 is 6.27. The smallest absolute Gasteiger partial charge is 0.331 e. The van der Waals surface area contributed by atoms with Crippen molar-refractivity contribution in [2.24, 2.45) is 0 Å². The summed E-state index contributed by atoms with van der Waals surface area (Å²) in [5, 5.41) is 2.72. The van der Waals surface area contributed by atoms with Crippen molar-refractivity contribution in [1.82, 2.24) is 9.62 Å². The van der Waals surface area contributed by atoms with E-state index in [-0.39, 0.29) is 15.5 Å². The van der Waals surface area contributed by atoms with E-state index in [1.807, 2.05) is 20.8 Å². The molecule has 8 nitrogen and oxygen atoms in total. The number of rotatable bonds is 7. The summed E-state index contributed by atoms with van der Waals surface area (Å²) in [5.74, 6) is -1.27. The van der Waals surface area contributed by atoms with Crippen molar-refractivity contribution in [1.29, 1.82) is 0 Å². The van der Waals surface area contributed by atoms with Crippen LogP contribution in [0.3, 0.4) is 0 Å². The molecule has 2 rings (SSSR count). The fraction of sp³-hybridized carbons (Fsp3) is 0.680. The number of halogens is 1. The number of hydrogen-bond acceptors (Lipinski definition) is 6. The summed E-state index contributed by atoms with van der Waals surface area (Å²) in [6.45, 7) is 13.2. The molecule has 1 aromatic rings. The molecule has 1 aromatic carbocycles. The van der Waals surface area contributed by atoms with Gasteiger partial charge in [-0.15, -0.1) is 0 Å². The summed E-state index contributed by atoms with van der Waals surface area (Å²) in [5.41, 5.74) is -1.27. The lowest BCUT2D eigenvalue weighted by atomic mass is 10.1. The summed E-state index contributed by atoms with van der Waals surface area (Å²) in [7, 11) is -3.88. The second kappa shape index (κ2) is 11.6. The number of sulfonamides is 1. The standard InChI is InChI=1S/C25H39ClN2O6S/c1-17(33-24(2,3)4)21(23(30)34-25(5,6)7)27-22(29)18-12-13-19(26)20(16-18)35(31,32)28-14-10-8-9-11-15-28/h12-13,16-17,21H,8-11,14-15H2,1-7H3,(H,27,29). The Kier molecular flexibility index (Phi) is 9.78. The molecule has 1 N–H and O–H groups in total. The Morgan fingerprint density at radius 3 is 2.09 bits per heavy atom. The summed E-state index contributed by atoms with van der Waals surface area (Å²) in [6.07, 6.45) is 2.80. The molecular weight excluding hydrogens is 492 g/mol. The van der Waals surface area contributed by atoms with Gasteiger partial charge in [-0.25, -0.2) is 13.2 Å².